The fourth-order valence-electron chi connectivity index (χ4n) is 4.72. The fourth-order valence-corrected chi connectivity index (χ4v) is 4.72. The first kappa shape index (κ1) is 26.2. The highest BCUT2D eigenvalue weighted by Crippen LogP contribution is 2.41. The Morgan fingerprint density at radius 1 is 0.865 bits per heavy atom. The first-order chi connectivity index (χ1) is 17.7. The maximum absolute atomic E-state index is 13.6. The number of carbonyl (C=O) groups is 1. The summed E-state index contributed by atoms with van der Waals surface area (Å²) in [5.74, 6) is 1.71. The summed E-state index contributed by atoms with van der Waals surface area (Å²) in [7, 11) is 6.17. The lowest BCUT2D eigenvalue weighted by molar-refractivity contribution is -0.137. The molecule has 6 nitrogen and oxygen atoms in total. The number of fused-ring (bicyclic) bond motifs is 1. The minimum Gasteiger partial charge on any atom is -0.493 e. The van der Waals surface area contributed by atoms with Crippen LogP contribution < -0.4 is 18.9 Å². The Balaban J connectivity index is 1.79. The van der Waals surface area contributed by atoms with Crippen molar-refractivity contribution < 1.29 is 36.9 Å². The molecule has 3 aromatic rings. The number of benzene rings is 3. The average Bonchev–Trinajstić information content (AvgIpc) is 2.91. The molecule has 196 valence electrons. The molecular weight excluding hydrogens is 487 g/mol. The number of carbonyl (C=O) groups excluding carboxylic acids is 1. The summed E-state index contributed by atoms with van der Waals surface area (Å²) in [6.45, 7) is 0.329. The van der Waals surface area contributed by atoms with Crippen LogP contribution in [0.3, 0.4) is 0 Å². The van der Waals surface area contributed by atoms with Gasteiger partial charge in [-0.15, -0.1) is 0 Å². The van der Waals surface area contributed by atoms with Crippen molar-refractivity contribution in [2.24, 2.45) is 0 Å². The van der Waals surface area contributed by atoms with Crippen molar-refractivity contribution in [2.75, 3.05) is 35.0 Å². The SMILES string of the molecule is COc1ccc(C[C@H]2c3cc(OC)c(OC)cc3CCN2C(=O)c2cccc(C(F)(F)F)c2)cc1OC. The van der Waals surface area contributed by atoms with Crippen molar-refractivity contribution in [1.29, 1.82) is 0 Å². The molecule has 1 aliphatic rings. The quantitative estimate of drug-likeness (QED) is 0.403. The Morgan fingerprint density at radius 2 is 1.51 bits per heavy atom. The molecule has 1 aliphatic heterocycles. The van der Waals surface area contributed by atoms with Crippen LogP contribution in [-0.2, 0) is 19.0 Å². The lowest BCUT2D eigenvalue weighted by atomic mass is 9.87. The minimum absolute atomic E-state index is 0.0175. The second-order valence-electron chi connectivity index (χ2n) is 8.64. The van der Waals surface area contributed by atoms with Crippen LogP contribution in [0.2, 0.25) is 0 Å². The van der Waals surface area contributed by atoms with Gasteiger partial charge in [0.05, 0.1) is 40.0 Å². The normalized spacial score (nSPS) is 15.1. The van der Waals surface area contributed by atoms with Gasteiger partial charge in [-0.05, 0) is 72.0 Å². The second-order valence-corrected chi connectivity index (χ2v) is 8.64. The molecule has 0 fully saturated rings. The summed E-state index contributed by atoms with van der Waals surface area (Å²) in [5.41, 5.74) is 1.82. The number of hydrogen-bond acceptors (Lipinski definition) is 5. The van der Waals surface area contributed by atoms with Gasteiger partial charge < -0.3 is 23.8 Å². The summed E-state index contributed by atoms with van der Waals surface area (Å²) in [6, 6.07) is 13.3. The van der Waals surface area contributed by atoms with Crippen LogP contribution in [-0.4, -0.2) is 45.8 Å². The van der Waals surface area contributed by atoms with Crippen molar-refractivity contribution in [2.45, 2.75) is 25.1 Å². The Morgan fingerprint density at radius 3 is 2.16 bits per heavy atom. The molecule has 0 N–H and O–H groups in total. The molecule has 1 atom stereocenters. The number of hydrogen-bond donors (Lipinski definition) is 0. The zero-order valence-corrected chi connectivity index (χ0v) is 21.0. The van der Waals surface area contributed by atoms with Gasteiger partial charge in [-0.2, -0.15) is 13.2 Å². The number of rotatable bonds is 7. The van der Waals surface area contributed by atoms with Gasteiger partial charge >= 0.3 is 6.18 Å². The van der Waals surface area contributed by atoms with Gasteiger partial charge in [0.2, 0.25) is 0 Å². The number of amides is 1. The first-order valence-electron chi connectivity index (χ1n) is 11.6. The summed E-state index contributed by atoms with van der Waals surface area (Å²) < 4.78 is 61.8. The molecule has 1 amide bonds. The van der Waals surface area contributed by atoms with E-state index in [0.29, 0.717) is 42.4 Å². The monoisotopic (exact) mass is 515 g/mol. The summed E-state index contributed by atoms with van der Waals surface area (Å²) in [4.78, 5) is 15.3. The van der Waals surface area contributed by atoms with E-state index in [1.807, 2.05) is 24.3 Å². The van der Waals surface area contributed by atoms with E-state index < -0.39 is 23.7 Å². The Hall–Kier alpha value is -3.88. The highest BCUT2D eigenvalue weighted by molar-refractivity contribution is 5.95. The molecule has 9 heteroatoms. The molecule has 1 heterocycles. The van der Waals surface area contributed by atoms with E-state index in [0.717, 1.165) is 28.8 Å². The van der Waals surface area contributed by atoms with Crippen molar-refractivity contribution in [3.8, 4) is 23.0 Å². The van der Waals surface area contributed by atoms with Gasteiger partial charge in [-0.25, -0.2) is 0 Å². The lowest BCUT2D eigenvalue weighted by Gasteiger charge is -2.38. The lowest BCUT2D eigenvalue weighted by Crippen LogP contribution is -2.41. The van der Waals surface area contributed by atoms with Crippen LogP contribution in [0.25, 0.3) is 0 Å². The minimum atomic E-state index is -4.55. The molecule has 0 aliphatic carbocycles. The number of alkyl halides is 3. The maximum Gasteiger partial charge on any atom is 0.416 e. The van der Waals surface area contributed by atoms with Crippen LogP contribution in [0.1, 0.15) is 38.7 Å². The van der Waals surface area contributed by atoms with Crippen molar-refractivity contribution in [1.82, 2.24) is 4.90 Å². The van der Waals surface area contributed by atoms with Gasteiger partial charge in [0.15, 0.2) is 23.0 Å². The van der Waals surface area contributed by atoms with Crippen LogP contribution in [0.4, 0.5) is 13.2 Å². The molecule has 0 bridgehead atoms. The highest BCUT2D eigenvalue weighted by Gasteiger charge is 2.35. The maximum atomic E-state index is 13.6. The van der Waals surface area contributed by atoms with E-state index in [9.17, 15) is 18.0 Å². The molecular formula is C28H28F3NO5. The van der Waals surface area contributed by atoms with Gasteiger partial charge in [0.1, 0.15) is 0 Å². The standard InChI is InChI=1S/C28H28F3NO5/c1-34-23-9-8-17(13-24(23)35-2)12-22-21-16-26(37-4)25(36-3)15-18(21)10-11-32(22)27(33)19-6-5-7-20(14-19)28(29,30)31/h5-9,13-16,22H,10-12H2,1-4H3/t22-/m0/s1. The van der Waals surface area contributed by atoms with E-state index >= 15 is 0 Å². The topological polar surface area (TPSA) is 57.2 Å². The number of methoxy groups -OCH3 is 4. The number of halogens is 3. The van der Waals surface area contributed by atoms with Crippen LogP contribution in [0.5, 0.6) is 23.0 Å². The van der Waals surface area contributed by atoms with Gasteiger partial charge in [-0.1, -0.05) is 12.1 Å². The van der Waals surface area contributed by atoms with Gasteiger partial charge in [-0.3, -0.25) is 4.79 Å². The third-order valence-electron chi connectivity index (χ3n) is 6.58. The predicted molar refractivity (Wildman–Crippen MR) is 132 cm³/mol. The molecule has 37 heavy (non-hydrogen) atoms. The second kappa shape index (κ2) is 10.6. The smallest absolute Gasteiger partial charge is 0.416 e. The summed E-state index contributed by atoms with van der Waals surface area (Å²) in [5, 5.41) is 0. The molecule has 0 spiro atoms. The molecule has 0 unspecified atom stereocenters. The highest BCUT2D eigenvalue weighted by atomic mass is 19.4. The molecule has 4 rings (SSSR count). The number of ether oxygens (including phenoxy) is 4. The summed E-state index contributed by atoms with van der Waals surface area (Å²) in [6.07, 6.45) is -3.63. The molecule has 0 radical (unpaired) electrons. The van der Waals surface area contributed by atoms with Crippen molar-refractivity contribution >= 4 is 5.91 Å². The van der Waals surface area contributed by atoms with Crippen molar-refractivity contribution in [3.05, 3.63) is 82.4 Å². The number of nitrogens with zero attached hydrogens (tertiary/aromatic N) is 1. The van der Waals surface area contributed by atoms with E-state index in [1.54, 1.807) is 25.2 Å². The van der Waals surface area contributed by atoms with Gasteiger partial charge in [0.25, 0.3) is 5.91 Å². The van der Waals surface area contributed by atoms with E-state index in [4.69, 9.17) is 18.9 Å². The van der Waals surface area contributed by atoms with Crippen LogP contribution >= 0.6 is 0 Å². The largest absolute Gasteiger partial charge is 0.493 e. The van der Waals surface area contributed by atoms with E-state index in [1.165, 1.54) is 26.4 Å². The summed E-state index contributed by atoms with van der Waals surface area (Å²) >= 11 is 0. The first-order valence-corrected chi connectivity index (χ1v) is 11.6. The Bertz CT molecular complexity index is 1290. The third-order valence-corrected chi connectivity index (χ3v) is 6.58. The van der Waals surface area contributed by atoms with Crippen molar-refractivity contribution in [3.63, 3.8) is 0 Å². The van der Waals surface area contributed by atoms with Crippen LogP contribution in [0.15, 0.2) is 54.6 Å². The zero-order valence-electron chi connectivity index (χ0n) is 21.0. The van der Waals surface area contributed by atoms with E-state index in [2.05, 4.69) is 0 Å². The molecule has 3 aromatic carbocycles. The fraction of sp³-hybridized carbons (Fsp3) is 0.321. The molecule has 0 saturated carbocycles. The third kappa shape index (κ3) is 5.30. The molecule has 0 aromatic heterocycles. The predicted octanol–water partition coefficient (Wildman–Crippen LogP) is 5.72. The molecule has 0 saturated heterocycles. The Labute approximate surface area is 213 Å². The average molecular weight is 516 g/mol. The van der Waals surface area contributed by atoms with Crippen LogP contribution in [0, 0.1) is 0 Å². The van der Waals surface area contributed by atoms with E-state index in [-0.39, 0.29) is 5.56 Å². The zero-order chi connectivity index (χ0) is 26.7. The van der Waals surface area contributed by atoms with Gasteiger partial charge in [0, 0.05) is 12.1 Å². The Kier molecular flexibility index (Phi) is 7.52.